The average Bonchev–Trinajstić information content (AvgIpc) is 4.14. The Morgan fingerprint density at radius 2 is 0.389 bits per heavy atom. The van der Waals surface area contributed by atoms with Crippen molar-refractivity contribution in [3.8, 4) is 0 Å². The molecule has 0 aromatic carbocycles. The zero-order valence-corrected chi connectivity index (χ0v) is 51.2. The van der Waals surface area contributed by atoms with Crippen molar-refractivity contribution >= 4 is 16.1 Å². The van der Waals surface area contributed by atoms with E-state index in [0.717, 1.165) is 164 Å². The Morgan fingerprint density at radius 1 is 0.194 bits per heavy atom. The summed E-state index contributed by atoms with van der Waals surface area (Å²) in [5.41, 5.74) is 4.48. The molecule has 408 valence electrons. The molecule has 0 spiro atoms. The Bertz CT molecular complexity index is 1690. The number of rotatable bonds is 8. The van der Waals surface area contributed by atoms with E-state index in [0.29, 0.717) is 0 Å². The van der Waals surface area contributed by atoms with Gasteiger partial charge in [0.25, 0.3) is 0 Å². The van der Waals surface area contributed by atoms with Crippen LogP contribution >= 0.6 is 0 Å². The summed E-state index contributed by atoms with van der Waals surface area (Å²) in [7, 11) is -2.96. The van der Waals surface area contributed by atoms with Crippen molar-refractivity contribution in [1.82, 2.24) is 0 Å². The summed E-state index contributed by atoms with van der Waals surface area (Å²) < 4.78 is 0. The lowest BCUT2D eigenvalue weighted by Gasteiger charge is -2.52. The molecule has 0 aromatic heterocycles. The van der Waals surface area contributed by atoms with Crippen molar-refractivity contribution in [2.75, 3.05) is 0 Å². The maximum atomic E-state index is 3.05. The van der Waals surface area contributed by atoms with Crippen LogP contribution in [0.1, 0.15) is 246 Å². The molecule has 0 N–H and O–H groups in total. The third-order valence-electron chi connectivity index (χ3n) is 30.4. The lowest BCUT2D eigenvalue weighted by atomic mass is 9.57. The molecule has 0 heterocycles. The second kappa shape index (κ2) is 20.8. The van der Waals surface area contributed by atoms with Gasteiger partial charge in [0.1, 0.15) is 0 Å². The summed E-state index contributed by atoms with van der Waals surface area (Å²) in [5, 5.41) is 0. The van der Waals surface area contributed by atoms with Crippen LogP contribution in [0.4, 0.5) is 0 Å². The molecule has 0 amide bonds. The lowest BCUT2D eigenvalue weighted by Crippen LogP contribution is -2.48. The molecule has 0 aliphatic heterocycles. The first-order chi connectivity index (χ1) is 34.9. The number of hydrogen-bond acceptors (Lipinski definition) is 0. The molecular formula is C70H120Si2. The van der Waals surface area contributed by atoms with E-state index < -0.39 is 16.1 Å². The normalized spacial score (nSPS) is 55.0. The van der Waals surface area contributed by atoms with Crippen LogP contribution in [0.5, 0.6) is 0 Å². The topological polar surface area (TPSA) is 0 Å². The fourth-order valence-electron chi connectivity index (χ4n) is 29.4. The van der Waals surface area contributed by atoms with Crippen LogP contribution in [0.25, 0.3) is 0 Å². The first kappa shape index (κ1) is 51.8. The molecular weight excluding hydrogens is 897 g/mol. The molecule has 0 aromatic rings. The molecule has 2 heteroatoms. The van der Waals surface area contributed by atoms with Crippen molar-refractivity contribution in [1.29, 1.82) is 0 Å². The SMILES string of the molecule is CC1CC2C(C3CCC(C4CCCC5C4CC(C)C5[Si](C)(C)C4C(C)CC5C(C6CCCC7CCCCC76)CCCC54)CC3)CCCC2C1[Si](C)(C)C1C(C)CC2C(C3CCCC4CCCCC43)CCCC21. The quantitative estimate of drug-likeness (QED) is 0.213. The predicted molar refractivity (Wildman–Crippen MR) is 313 cm³/mol. The zero-order chi connectivity index (χ0) is 49.2. The summed E-state index contributed by atoms with van der Waals surface area (Å²) in [5.74, 6) is 26.1. The Labute approximate surface area is 450 Å². The summed E-state index contributed by atoms with van der Waals surface area (Å²) in [6.45, 7) is 23.5. The summed E-state index contributed by atoms with van der Waals surface area (Å²) in [6, 6.07) is 0. The maximum absolute atomic E-state index is 3.05. The minimum Gasteiger partial charge on any atom is -0.0689 e. The van der Waals surface area contributed by atoms with E-state index in [1.807, 2.05) is 0 Å². The van der Waals surface area contributed by atoms with Crippen LogP contribution < -0.4 is 0 Å². The van der Waals surface area contributed by atoms with Gasteiger partial charge in [-0.25, -0.2) is 0 Å². The van der Waals surface area contributed by atoms with Crippen molar-refractivity contribution in [2.24, 2.45) is 142 Å². The molecule has 0 saturated heterocycles. The lowest BCUT2D eigenvalue weighted by molar-refractivity contribution is 0.0126. The smallest absolute Gasteiger partial charge is 0.0546 e. The van der Waals surface area contributed by atoms with E-state index >= 15 is 0 Å². The molecule has 26 unspecified atom stereocenters. The van der Waals surface area contributed by atoms with E-state index in [4.69, 9.17) is 0 Å². The highest BCUT2D eigenvalue weighted by Crippen LogP contribution is 2.71. The highest BCUT2D eigenvalue weighted by molar-refractivity contribution is 6.81. The van der Waals surface area contributed by atoms with Gasteiger partial charge in [0.2, 0.25) is 0 Å². The fraction of sp³-hybridized carbons (Fsp3) is 1.00. The molecule has 13 saturated carbocycles. The van der Waals surface area contributed by atoms with Crippen LogP contribution in [0.3, 0.4) is 0 Å². The first-order valence-corrected chi connectivity index (χ1v) is 41.2. The van der Waals surface area contributed by atoms with E-state index in [2.05, 4.69) is 53.9 Å². The summed E-state index contributed by atoms with van der Waals surface area (Å²) in [4.78, 5) is 0. The monoisotopic (exact) mass is 1020 g/mol. The zero-order valence-electron chi connectivity index (χ0n) is 49.2. The van der Waals surface area contributed by atoms with Gasteiger partial charge in [-0.2, -0.15) is 0 Å². The molecule has 13 aliphatic rings. The van der Waals surface area contributed by atoms with Crippen LogP contribution in [0.2, 0.25) is 48.4 Å². The van der Waals surface area contributed by atoms with Crippen molar-refractivity contribution in [2.45, 2.75) is 294 Å². The van der Waals surface area contributed by atoms with Crippen molar-refractivity contribution < 1.29 is 0 Å². The van der Waals surface area contributed by atoms with Gasteiger partial charge in [-0.05, 0) is 267 Å². The highest BCUT2D eigenvalue weighted by Gasteiger charge is 2.63. The van der Waals surface area contributed by atoms with Gasteiger partial charge in [0.15, 0.2) is 0 Å². The van der Waals surface area contributed by atoms with Crippen molar-refractivity contribution in [3.05, 3.63) is 0 Å². The Morgan fingerprint density at radius 3 is 0.722 bits per heavy atom. The minimum atomic E-state index is -1.48. The standard InChI is InChI=1S/C70H120Si2/c1-43-39-63-53(25-15-31-59(63)67(43)71(5,6)69-45(3)41-65-57(29-17-33-61(65)69)55-27-13-21-47-19-9-11-23-51(47)55)49-35-37-50(38-36-49)54-26-16-32-60-64(54)40-44(2)68(60)72(7,8)70-46(4)42-66-58(30-18-34-62(66)70)56-28-14-22-48-20-10-12-24-52(48)56/h43-70H,9-42H2,1-8H3. The number of fused-ring (bicyclic) bond motifs is 6. The van der Waals surface area contributed by atoms with Gasteiger partial charge < -0.3 is 0 Å². The molecule has 26 atom stereocenters. The molecule has 0 radical (unpaired) electrons. The van der Waals surface area contributed by atoms with Crippen molar-refractivity contribution in [3.63, 3.8) is 0 Å². The van der Waals surface area contributed by atoms with E-state index in [-0.39, 0.29) is 0 Å². The summed E-state index contributed by atoms with van der Waals surface area (Å²) in [6.07, 6.45) is 54.6. The fourth-order valence-corrected chi connectivity index (χ4v) is 42.7. The van der Waals surface area contributed by atoms with Gasteiger partial charge in [0.05, 0.1) is 16.1 Å². The van der Waals surface area contributed by atoms with E-state index in [1.54, 1.807) is 218 Å². The van der Waals surface area contributed by atoms with E-state index in [1.165, 1.54) is 0 Å². The molecule has 13 rings (SSSR count). The van der Waals surface area contributed by atoms with Crippen LogP contribution in [0.15, 0.2) is 0 Å². The third kappa shape index (κ3) is 8.80. The highest BCUT2D eigenvalue weighted by atomic mass is 28.3. The predicted octanol–water partition coefficient (Wildman–Crippen LogP) is 21.2. The first-order valence-electron chi connectivity index (χ1n) is 34.9. The van der Waals surface area contributed by atoms with Crippen LogP contribution in [-0.4, -0.2) is 16.1 Å². The van der Waals surface area contributed by atoms with E-state index in [9.17, 15) is 0 Å². The number of hydrogen-bond donors (Lipinski definition) is 0. The van der Waals surface area contributed by atoms with Gasteiger partial charge in [-0.15, -0.1) is 0 Å². The molecule has 0 nitrogen and oxygen atoms in total. The third-order valence-corrected chi connectivity index (χ3v) is 41.3. The molecule has 13 aliphatic carbocycles. The Balaban J connectivity index is 0.654. The molecule has 72 heavy (non-hydrogen) atoms. The maximum Gasteiger partial charge on any atom is 0.0546 e. The summed E-state index contributed by atoms with van der Waals surface area (Å²) >= 11 is 0. The van der Waals surface area contributed by atoms with Gasteiger partial charge >= 0.3 is 0 Å². The Kier molecular flexibility index (Phi) is 15.0. The van der Waals surface area contributed by atoms with Gasteiger partial charge in [-0.3, -0.25) is 0 Å². The molecule has 13 fully saturated rings. The largest absolute Gasteiger partial charge is 0.0689 e. The second-order valence-electron chi connectivity index (χ2n) is 33.6. The minimum absolute atomic E-state index is 1.01. The average molecular weight is 1020 g/mol. The van der Waals surface area contributed by atoms with Crippen LogP contribution in [-0.2, 0) is 0 Å². The van der Waals surface area contributed by atoms with Gasteiger partial charge in [0, 0.05) is 0 Å². The Hall–Kier alpha value is 0.434. The molecule has 0 bridgehead atoms. The second-order valence-corrected chi connectivity index (χ2v) is 43.5. The van der Waals surface area contributed by atoms with Gasteiger partial charge in [-0.1, -0.05) is 169 Å². The van der Waals surface area contributed by atoms with Crippen LogP contribution in [0, 0.1) is 142 Å².